The molecule has 1 aliphatic rings. The largest absolute Gasteiger partial charge is 0.383 e. The molecule has 3 rings (SSSR count). The molecule has 1 aromatic heterocycles. The predicted octanol–water partition coefficient (Wildman–Crippen LogP) is 4.72. The molecule has 1 aromatic carbocycles. The van der Waals surface area contributed by atoms with E-state index in [2.05, 4.69) is 46.9 Å². The highest BCUT2D eigenvalue weighted by atomic mass is 32.1. The zero-order chi connectivity index (χ0) is 13.2. The van der Waals surface area contributed by atoms with Gasteiger partial charge in [0, 0.05) is 22.7 Å². The average Bonchev–Trinajstić information content (AvgIpc) is 3.09. The van der Waals surface area contributed by atoms with E-state index in [4.69, 9.17) is 0 Å². The van der Waals surface area contributed by atoms with Crippen molar-refractivity contribution in [2.24, 2.45) is 5.92 Å². The number of rotatable bonds is 5. The van der Waals surface area contributed by atoms with E-state index in [0.29, 0.717) is 6.04 Å². The molecule has 1 N–H and O–H groups in total. The Labute approximate surface area is 118 Å². The van der Waals surface area contributed by atoms with Gasteiger partial charge in [-0.05, 0) is 38.3 Å². The van der Waals surface area contributed by atoms with Crippen LogP contribution >= 0.6 is 11.3 Å². The number of hydrogen-bond donors (Lipinski definition) is 1. The first-order valence-electron chi connectivity index (χ1n) is 7.00. The molecule has 1 fully saturated rings. The molecule has 0 aliphatic heterocycles. The second-order valence-electron chi connectivity index (χ2n) is 5.55. The van der Waals surface area contributed by atoms with Crippen molar-refractivity contribution in [3.05, 3.63) is 34.7 Å². The SMILES string of the molecule is Cc1nc(-c2ccc(NC(C)CC3CC3)cc2)cs1. The van der Waals surface area contributed by atoms with E-state index in [1.165, 1.54) is 30.5 Å². The van der Waals surface area contributed by atoms with Crippen LogP contribution in [0.5, 0.6) is 0 Å². The van der Waals surface area contributed by atoms with Crippen LogP contribution in [0.4, 0.5) is 5.69 Å². The summed E-state index contributed by atoms with van der Waals surface area (Å²) in [5.74, 6) is 0.972. The highest BCUT2D eigenvalue weighted by molar-refractivity contribution is 7.09. The van der Waals surface area contributed by atoms with Crippen molar-refractivity contribution in [2.75, 3.05) is 5.32 Å². The van der Waals surface area contributed by atoms with Crippen LogP contribution < -0.4 is 5.32 Å². The highest BCUT2D eigenvalue weighted by Gasteiger charge is 2.23. The van der Waals surface area contributed by atoms with Gasteiger partial charge in [-0.1, -0.05) is 25.0 Å². The first-order valence-corrected chi connectivity index (χ1v) is 7.88. The number of hydrogen-bond acceptors (Lipinski definition) is 3. The molecular weight excluding hydrogens is 252 g/mol. The molecule has 3 heteroatoms. The minimum absolute atomic E-state index is 0.569. The van der Waals surface area contributed by atoms with E-state index >= 15 is 0 Å². The standard InChI is InChI=1S/C16H20N2S/c1-11(9-13-3-4-13)17-15-7-5-14(6-8-15)16-10-19-12(2)18-16/h5-8,10-11,13,17H,3-4,9H2,1-2H3. The zero-order valence-electron chi connectivity index (χ0n) is 11.5. The van der Waals surface area contributed by atoms with Crippen LogP contribution in [0.25, 0.3) is 11.3 Å². The Hall–Kier alpha value is -1.35. The minimum atomic E-state index is 0.569. The van der Waals surface area contributed by atoms with Crippen molar-refractivity contribution in [3.63, 3.8) is 0 Å². The molecule has 0 saturated heterocycles. The summed E-state index contributed by atoms with van der Waals surface area (Å²) in [5, 5.41) is 6.82. The zero-order valence-corrected chi connectivity index (χ0v) is 12.3. The molecule has 0 bridgehead atoms. The van der Waals surface area contributed by atoms with E-state index in [9.17, 15) is 0 Å². The number of nitrogens with one attached hydrogen (secondary N) is 1. The number of anilines is 1. The maximum atomic E-state index is 4.52. The molecule has 1 atom stereocenters. The van der Waals surface area contributed by atoms with Crippen LogP contribution in [-0.4, -0.2) is 11.0 Å². The van der Waals surface area contributed by atoms with Gasteiger partial charge >= 0.3 is 0 Å². The lowest BCUT2D eigenvalue weighted by Gasteiger charge is -2.14. The molecule has 0 amide bonds. The van der Waals surface area contributed by atoms with Gasteiger partial charge in [0.15, 0.2) is 0 Å². The lowest BCUT2D eigenvalue weighted by Crippen LogP contribution is -2.15. The molecule has 1 heterocycles. The van der Waals surface area contributed by atoms with Crippen LogP contribution in [0.15, 0.2) is 29.6 Å². The Morgan fingerprint density at radius 2 is 2.05 bits per heavy atom. The normalized spacial score (nSPS) is 16.3. The van der Waals surface area contributed by atoms with Gasteiger partial charge in [-0.3, -0.25) is 0 Å². The fourth-order valence-corrected chi connectivity index (χ4v) is 3.05. The Morgan fingerprint density at radius 3 is 2.63 bits per heavy atom. The monoisotopic (exact) mass is 272 g/mol. The fourth-order valence-electron chi connectivity index (χ4n) is 2.43. The average molecular weight is 272 g/mol. The van der Waals surface area contributed by atoms with Crippen molar-refractivity contribution in [1.82, 2.24) is 4.98 Å². The summed E-state index contributed by atoms with van der Waals surface area (Å²) >= 11 is 1.70. The van der Waals surface area contributed by atoms with Crippen molar-refractivity contribution in [3.8, 4) is 11.3 Å². The number of aromatic nitrogens is 1. The van der Waals surface area contributed by atoms with Crippen molar-refractivity contribution >= 4 is 17.0 Å². The van der Waals surface area contributed by atoms with Gasteiger partial charge < -0.3 is 5.32 Å². The van der Waals surface area contributed by atoms with Gasteiger partial charge in [-0.2, -0.15) is 0 Å². The molecule has 0 spiro atoms. The molecule has 0 radical (unpaired) electrons. The van der Waals surface area contributed by atoms with Crippen molar-refractivity contribution in [2.45, 2.75) is 39.2 Å². The Bertz CT molecular complexity index is 540. The lowest BCUT2D eigenvalue weighted by molar-refractivity contribution is 0.642. The van der Waals surface area contributed by atoms with E-state index in [-0.39, 0.29) is 0 Å². The second-order valence-corrected chi connectivity index (χ2v) is 6.62. The third-order valence-corrected chi connectivity index (χ3v) is 4.37. The summed E-state index contributed by atoms with van der Waals surface area (Å²) in [5.41, 5.74) is 3.49. The molecule has 1 unspecified atom stereocenters. The van der Waals surface area contributed by atoms with Crippen LogP contribution in [0.3, 0.4) is 0 Å². The molecule has 1 aliphatic carbocycles. The van der Waals surface area contributed by atoms with E-state index in [0.717, 1.165) is 16.6 Å². The number of nitrogens with zero attached hydrogens (tertiary/aromatic N) is 1. The third-order valence-electron chi connectivity index (χ3n) is 3.60. The first-order chi connectivity index (χ1) is 9.20. The topological polar surface area (TPSA) is 24.9 Å². The number of aryl methyl sites for hydroxylation is 1. The summed E-state index contributed by atoms with van der Waals surface area (Å²) in [7, 11) is 0. The smallest absolute Gasteiger partial charge is 0.0901 e. The lowest BCUT2D eigenvalue weighted by atomic mass is 10.1. The Kier molecular flexibility index (Phi) is 3.56. The van der Waals surface area contributed by atoms with Crippen LogP contribution in [0.1, 0.15) is 31.2 Å². The summed E-state index contributed by atoms with van der Waals surface area (Å²) < 4.78 is 0. The summed E-state index contributed by atoms with van der Waals surface area (Å²) in [6.45, 7) is 4.32. The van der Waals surface area contributed by atoms with Crippen molar-refractivity contribution < 1.29 is 0 Å². The maximum Gasteiger partial charge on any atom is 0.0901 e. The molecule has 1 saturated carbocycles. The van der Waals surface area contributed by atoms with E-state index < -0.39 is 0 Å². The molecule has 2 nitrogen and oxygen atoms in total. The fraction of sp³-hybridized carbons (Fsp3) is 0.438. The minimum Gasteiger partial charge on any atom is -0.383 e. The summed E-state index contributed by atoms with van der Waals surface area (Å²) in [4.78, 5) is 4.52. The number of thiazole rings is 1. The van der Waals surface area contributed by atoms with E-state index in [1.807, 2.05) is 6.92 Å². The van der Waals surface area contributed by atoms with Gasteiger partial charge in [-0.25, -0.2) is 4.98 Å². The predicted molar refractivity (Wildman–Crippen MR) is 82.7 cm³/mol. The Morgan fingerprint density at radius 1 is 1.32 bits per heavy atom. The summed E-state index contributed by atoms with van der Waals surface area (Å²) in [6.07, 6.45) is 4.15. The third kappa shape index (κ3) is 3.35. The molecule has 2 aromatic rings. The van der Waals surface area contributed by atoms with Gasteiger partial charge in [-0.15, -0.1) is 11.3 Å². The number of benzene rings is 1. The summed E-state index contributed by atoms with van der Waals surface area (Å²) in [6, 6.07) is 9.20. The van der Waals surface area contributed by atoms with Crippen LogP contribution in [0.2, 0.25) is 0 Å². The first kappa shape index (κ1) is 12.7. The van der Waals surface area contributed by atoms with Gasteiger partial charge in [0.05, 0.1) is 10.7 Å². The molecule has 100 valence electrons. The van der Waals surface area contributed by atoms with Crippen molar-refractivity contribution in [1.29, 1.82) is 0 Å². The van der Waals surface area contributed by atoms with Crippen LogP contribution in [0, 0.1) is 12.8 Å². The van der Waals surface area contributed by atoms with E-state index in [1.54, 1.807) is 11.3 Å². The maximum absolute atomic E-state index is 4.52. The van der Waals surface area contributed by atoms with Gasteiger partial charge in [0.1, 0.15) is 0 Å². The second kappa shape index (κ2) is 5.33. The Balaban J connectivity index is 1.64. The molecule has 19 heavy (non-hydrogen) atoms. The van der Waals surface area contributed by atoms with Gasteiger partial charge in [0.2, 0.25) is 0 Å². The van der Waals surface area contributed by atoms with Crippen LogP contribution in [-0.2, 0) is 0 Å². The van der Waals surface area contributed by atoms with Gasteiger partial charge in [0.25, 0.3) is 0 Å². The quantitative estimate of drug-likeness (QED) is 0.852. The molecular formula is C16H20N2S. The highest BCUT2D eigenvalue weighted by Crippen LogP contribution is 2.34.